The van der Waals surface area contributed by atoms with E-state index in [1.54, 1.807) is 12.1 Å². The van der Waals surface area contributed by atoms with Gasteiger partial charge in [-0.2, -0.15) is 0 Å². The lowest BCUT2D eigenvalue weighted by molar-refractivity contribution is -0.144. The first-order valence-electron chi connectivity index (χ1n) is 6.38. The average Bonchev–Trinajstić information content (AvgIpc) is 2.54. The van der Waals surface area contributed by atoms with Gasteiger partial charge in [0.25, 0.3) is 5.91 Å². The maximum Gasteiger partial charge on any atom is 0.316 e. The number of thioether (sulfide) groups is 1. The van der Waals surface area contributed by atoms with Gasteiger partial charge < -0.3 is 10.1 Å². The number of benzene rings is 1. The molecule has 0 aliphatic heterocycles. The molecule has 0 unspecified atom stereocenters. The zero-order valence-corrected chi connectivity index (χ0v) is 13.1. The first kappa shape index (κ1) is 16.3. The van der Waals surface area contributed by atoms with Crippen molar-refractivity contribution >= 4 is 41.1 Å². The maximum atomic E-state index is 11.6. The second-order valence-electron chi connectivity index (χ2n) is 4.17. The van der Waals surface area contributed by atoms with Crippen LogP contribution in [0.1, 0.15) is 0 Å². The lowest BCUT2D eigenvalue weighted by atomic mass is 10.4. The van der Waals surface area contributed by atoms with E-state index in [1.165, 1.54) is 18.0 Å². The molecule has 1 aromatic carbocycles. The van der Waals surface area contributed by atoms with E-state index in [0.717, 1.165) is 4.90 Å². The summed E-state index contributed by atoms with van der Waals surface area (Å²) in [6.07, 6.45) is 1.42. The monoisotopic (exact) mass is 336 g/mol. The molecule has 1 aromatic heterocycles. The summed E-state index contributed by atoms with van der Waals surface area (Å²) in [6, 6.07) is 12.6. The number of anilines is 1. The fourth-order valence-electron chi connectivity index (χ4n) is 1.48. The Morgan fingerprint density at radius 3 is 2.64 bits per heavy atom. The Morgan fingerprint density at radius 1 is 1.18 bits per heavy atom. The molecule has 7 heteroatoms. The number of esters is 1. The highest BCUT2D eigenvalue weighted by molar-refractivity contribution is 8.00. The van der Waals surface area contributed by atoms with Crippen molar-refractivity contribution in [3.8, 4) is 0 Å². The number of hydrogen-bond donors (Lipinski definition) is 1. The number of nitrogens with one attached hydrogen (secondary N) is 1. The third-order valence-electron chi connectivity index (χ3n) is 2.46. The van der Waals surface area contributed by atoms with E-state index < -0.39 is 11.9 Å². The van der Waals surface area contributed by atoms with Gasteiger partial charge in [0.2, 0.25) is 0 Å². The first-order valence-corrected chi connectivity index (χ1v) is 7.75. The smallest absolute Gasteiger partial charge is 0.316 e. The van der Waals surface area contributed by atoms with Crippen molar-refractivity contribution in [2.24, 2.45) is 0 Å². The Morgan fingerprint density at radius 2 is 1.95 bits per heavy atom. The number of halogens is 1. The topological polar surface area (TPSA) is 68.3 Å². The van der Waals surface area contributed by atoms with E-state index in [4.69, 9.17) is 16.3 Å². The molecule has 114 valence electrons. The Balaban J connectivity index is 1.69. The van der Waals surface area contributed by atoms with E-state index >= 15 is 0 Å². The van der Waals surface area contributed by atoms with Crippen LogP contribution in [0.3, 0.4) is 0 Å². The van der Waals surface area contributed by atoms with E-state index in [0.29, 0.717) is 10.8 Å². The molecule has 22 heavy (non-hydrogen) atoms. The van der Waals surface area contributed by atoms with E-state index in [1.807, 2.05) is 30.3 Å². The molecule has 0 saturated carbocycles. The number of hydrogen-bond acceptors (Lipinski definition) is 5. The molecule has 1 heterocycles. The molecule has 0 fully saturated rings. The van der Waals surface area contributed by atoms with E-state index in [2.05, 4.69) is 10.3 Å². The number of rotatable bonds is 6. The van der Waals surface area contributed by atoms with Crippen LogP contribution in [-0.2, 0) is 14.3 Å². The zero-order chi connectivity index (χ0) is 15.8. The molecule has 5 nitrogen and oxygen atoms in total. The molecule has 0 saturated heterocycles. The third-order valence-corrected chi connectivity index (χ3v) is 3.67. The highest BCUT2D eigenvalue weighted by Crippen LogP contribution is 2.16. The Kier molecular flexibility index (Phi) is 6.24. The largest absolute Gasteiger partial charge is 0.455 e. The molecule has 0 radical (unpaired) electrons. The summed E-state index contributed by atoms with van der Waals surface area (Å²) in [5.74, 6) is -0.402. The standard InChI is InChI=1S/C15H13ClN2O3S/c16-11-6-7-13(17-8-11)18-14(19)9-21-15(20)10-22-12-4-2-1-3-5-12/h1-8H,9-10H2,(H,17,18,19). The average molecular weight is 337 g/mol. The van der Waals surface area contributed by atoms with Crippen molar-refractivity contribution in [2.75, 3.05) is 17.7 Å². The first-order chi connectivity index (χ1) is 10.6. The summed E-state index contributed by atoms with van der Waals surface area (Å²) >= 11 is 7.04. The summed E-state index contributed by atoms with van der Waals surface area (Å²) in [5.41, 5.74) is 0. The molecule has 1 N–H and O–H groups in total. The highest BCUT2D eigenvalue weighted by Gasteiger charge is 2.09. The van der Waals surface area contributed by atoms with Crippen LogP contribution in [0.4, 0.5) is 5.82 Å². The SMILES string of the molecule is O=C(COC(=O)CSc1ccccc1)Nc1ccc(Cl)cn1. The van der Waals surface area contributed by atoms with Crippen LogP contribution in [0.5, 0.6) is 0 Å². The Bertz CT molecular complexity index is 635. The fourth-order valence-corrected chi connectivity index (χ4v) is 2.30. The normalized spacial score (nSPS) is 10.0. The predicted molar refractivity (Wildman–Crippen MR) is 86.0 cm³/mol. The van der Waals surface area contributed by atoms with Gasteiger partial charge in [0, 0.05) is 11.1 Å². The number of ether oxygens (including phenoxy) is 1. The molecule has 0 aliphatic rings. The molecule has 0 spiro atoms. The number of nitrogens with zero attached hydrogens (tertiary/aromatic N) is 1. The van der Waals surface area contributed by atoms with Crippen LogP contribution in [0.25, 0.3) is 0 Å². The summed E-state index contributed by atoms with van der Waals surface area (Å²) in [5, 5.41) is 2.98. The lowest BCUT2D eigenvalue weighted by Crippen LogP contribution is -2.22. The van der Waals surface area contributed by atoms with Crippen LogP contribution in [-0.4, -0.2) is 29.2 Å². The molecule has 0 atom stereocenters. The lowest BCUT2D eigenvalue weighted by Gasteiger charge is -2.06. The Labute approximate surface area is 137 Å². The van der Waals surface area contributed by atoms with Gasteiger partial charge in [-0.1, -0.05) is 29.8 Å². The van der Waals surface area contributed by atoms with Crippen molar-refractivity contribution < 1.29 is 14.3 Å². The van der Waals surface area contributed by atoms with Crippen LogP contribution >= 0.6 is 23.4 Å². The number of carbonyl (C=O) groups excluding carboxylic acids is 2. The molecule has 2 rings (SSSR count). The number of carbonyl (C=O) groups is 2. The summed E-state index contributed by atoms with van der Waals surface area (Å²) < 4.78 is 4.90. The number of amides is 1. The molecular weight excluding hydrogens is 324 g/mol. The highest BCUT2D eigenvalue weighted by atomic mass is 35.5. The second-order valence-corrected chi connectivity index (χ2v) is 5.66. The van der Waals surface area contributed by atoms with Gasteiger partial charge in [0.15, 0.2) is 6.61 Å². The van der Waals surface area contributed by atoms with Gasteiger partial charge in [-0.05, 0) is 24.3 Å². The van der Waals surface area contributed by atoms with Crippen molar-refractivity contribution in [1.82, 2.24) is 4.98 Å². The molecule has 0 aliphatic carbocycles. The molecule has 2 aromatic rings. The van der Waals surface area contributed by atoms with Gasteiger partial charge in [0.05, 0.1) is 10.8 Å². The molecular formula is C15H13ClN2O3S. The minimum atomic E-state index is -0.451. The fraction of sp³-hybridized carbons (Fsp3) is 0.133. The van der Waals surface area contributed by atoms with Crippen LogP contribution in [0.2, 0.25) is 5.02 Å². The summed E-state index contributed by atoms with van der Waals surface area (Å²) in [7, 11) is 0. The van der Waals surface area contributed by atoms with E-state index in [9.17, 15) is 9.59 Å². The quantitative estimate of drug-likeness (QED) is 0.648. The van der Waals surface area contributed by atoms with Crippen LogP contribution in [0.15, 0.2) is 53.6 Å². The van der Waals surface area contributed by atoms with Crippen molar-refractivity contribution in [3.05, 3.63) is 53.7 Å². The number of pyridine rings is 1. The van der Waals surface area contributed by atoms with Gasteiger partial charge >= 0.3 is 5.97 Å². The minimum Gasteiger partial charge on any atom is -0.455 e. The van der Waals surface area contributed by atoms with Crippen LogP contribution < -0.4 is 5.32 Å². The van der Waals surface area contributed by atoms with Gasteiger partial charge in [-0.3, -0.25) is 9.59 Å². The van der Waals surface area contributed by atoms with Gasteiger partial charge in [-0.25, -0.2) is 4.98 Å². The van der Waals surface area contributed by atoms with Gasteiger partial charge in [-0.15, -0.1) is 11.8 Å². The van der Waals surface area contributed by atoms with E-state index in [-0.39, 0.29) is 12.4 Å². The van der Waals surface area contributed by atoms with Crippen LogP contribution in [0, 0.1) is 0 Å². The second kappa shape index (κ2) is 8.41. The van der Waals surface area contributed by atoms with Crippen molar-refractivity contribution in [3.63, 3.8) is 0 Å². The molecule has 1 amide bonds. The summed E-state index contributed by atoms with van der Waals surface area (Å²) in [4.78, 5) is 28.0. The van der Waals surface area contributed by atoms with Gasteiger partial charge in [0.1, 0.15) is 5.82 Å². The minimum absolute atomic E-state index is 0.149. The summed E-state index contributed by atoms with van der Waals surface area (Å²) in [6.45, 7) is -0.349. The predicted octanol–water partition coefficient (Wildman–Crippen LogP) is 3.01. The Hall–Kier alpha value is -2.05. The maximum absolute atomic E-state index is 11.6. The third kappa shape index (κ3) is 5.75. The zero-order valence-electron chi connectivity index (χ0n) is 11.5. The molecule has 0 bridgehead atoms. The van der Waals surface area contributed by atoms with Crippen molar-refractivity contribution in [1.29, 1.82) is 0 Å². The van der Waals surface area contributed by atoms with Crippen molar-refractivity contribution in [2.45, 2.75) is 4.90 Å². The number of aromatic nitrogens is 1.